The summed E-state index contributed by atoms with van der Waals surface area (Å²) in [4.78, 5) is 5.01. The van der Waals surface area contributed by atoms with Crippen LogP contribution in [0.5, 0.6) is 0 Å². The molecule has 0 atom stereocenters. The molecule has 0 unspecified atom stereocenters. The van der Waals surface area contributed by atoms with Gasteiger partial charge in [0.05, 0.1) is 18.2 Å². The van der Waals surface area contributed by atoms with Crippen molar-refractivity contribution < 1.29 is 6.85 Å². The minimum absolute atomic E-state index is 0.0639. The summed E-state index contributed by atoms with van der Waals surface area (Å²) in [6.45, 7) is 39.0. The predicted octanol–water partition coefficient (Wildman–Crippen LogP) is 16.5. The zero-order valence-corrected chi connectivity index (χ0v) is 44.1. The Morgan fingerprint density at radius 1 is 0.552 bits per heavy atom. The van der Waals surface area contributed by atoms with Crippen LogP contribution >= 0.6 is 11.3 Å². The summed E-state index contributed by atoms with van der Waals surface area (Å²) in [7, 11) is 0. The molecule has 0 bridgehead atoms. The summed E-state index contributed by atoms with van der Waals surface area (Å²) in [6, 6.07) is 29.2. The van der Waals surface area contributed by atoms with Crippen molar-refractivity contribution in [3.05, 3.63) is 148 Å². The molecule has 3 heterocycles. The van der Waals surface area contributed by atoms with E-state index in [1.807, 2.05) is 11.3 Å². The maximum atomic E-state index is 9.49. The highest BCUT2D eigenvalue weighted by Crippen LogP contribution is 2.54. The molecule has 3 aliphatic rings. The highest BCUT2D eigenvalue weighted by Gasteiger charge is 2.48. The molecule has 2 aliphatic heterocycles. The molecule has 0 fully saturated rings. The summed E-state index contributed by atoms with van der Waals surface area (Å²) in [5, 5.41) is 1.26. The van der Waals surface area contributed by atoms with Gasteiger partial charge in [-0.3, -0.25) is 0 Å². The van der Waals surface area contributed by atoms with Crippen LogP contribution in [0.1, 0.15) is 169 Å². The average molecular weight is 906 g/mol. The summed E-state index contributed by atoms with van der Waals surface area (Å²) in [6.07, 6.45) is 2.13. The normalized spacial score (nSPS) is 17.5. The Morgan fingerprint density at radius 2 is 1.09 bits per heavy atom. The Kier molecular flexibility index (Phi) is 8.91. The van der Waals surface area contributed by atoms with Gasteiger partial charge >= 0.3 is 0 Å². The van der Waals surface area contributed by atoms with E-state index in [1.54, 1.807) is 0 Å². The largest absolute Gasteiger partial charge is 0.311 e. The fourth-order valence-electron chi connectivity index (χ4n) is 11.1. The van der Waals surface area contributed by atoms with Crippen molar-refractivity contribution in [3.8, 4) is 11.1 Å². The quantitative estimate of drug-likeness (QED) is 0.163. The fraction of sp³-hybridized carbons (Fsp3) is 0.397. The lowest BCUT2D eigenvalue weighted by atomic mass is 9.35. The van der Waals surface area contributed by atoms with E-state index in [2.05, 4.69) is 206 Å². The van der Waals surface area contributed by atoms with Crippen LogP contribution in [0.4, 0.5) is 34.1 Å². The lowest BCUT2D eigenvalue weighted by Gasteiger charge is -2.47. The van der Waals surface area contributed by atoms with Gasteiger partial charge in [-0.15, -0.1) is 11.3 Å². The first-order valence-electron chi connectivity index (χ1n) is 27.1. The van der Waals surface area contributed by atoms with E-state index in [-0.39, 0.29) is 68.9 Å². The highest BCUT2D eigenvalue weighted by molar-refractivity contribution is 7.33. The number of aryl methyl sites for hydroxylation is 1. The lowest BCUT2D eigenvalue weighted by Crippen LogP contribution is -2.61. The topological polar surface area (TPSA) is 6.48 Å². The molecule has 67 heavy (non-hydrogen) atoms. The Bertz CT molecular complexity index is 3380. The SMILES string of the molecule is [2H]c1c([2H])c([2H])c(-c2cc(C(C)(C)C)ccc2N2c3cc4c(cc3B3c5sc6ccc(C(C)(C)C)cc6c5N(c5cc(C(C)(C)C)cc(C(C)(C)C)c5)c5cc(C)cc2c53)C(C)(C)CCC4(C)C)c([2H])c1[2H]. The van der Waals surface area contributed by atoms with E-state index in [9.17, 15) is 2.74 Å². The number of fused-ring (bicyclic) bond motifs is 7. The van der Waals surface area contributed by atoms with E-state index in [4.69, 9.17) is 4.11 Å². The van der Waals surface area contributed by atoms with Gasteiger partial charge < -0.3 is 9.80 Å². The first kappa shape index (κ1) is 39.9. The first-order valence-corrected chi connectivity index (χ1v) is 25.4. The fourth-order valence-corrected chi connectivity index (χ4v) is 12.4. The maximum Gasteiger partial charge on any atom is 0.264 e. The second-order valence-electron chi connectivity index (χ2n) is 25.6. The van der Waals surface area contributed by atoms with Crippen molar-refractivity contribution in [3.63, 3.8) is 0 Å². The monoisotopic (exact) mass is 906 g/mol. The van der Waals surface area contributed by atoms with Crippen molar-refractivity contribution >= 4 is 78.0 Å². The third-order valence-electron chi connectivity index (χ3n) is 15.4. The van der Waals surface area contributed by atoms with Crippen LogP contribution in [0.25, 0.3) is 21.2 Å². The Labute approximate surface area is 415 Å². The van der Waals surface area contributed by atoms with Crippen LogP contribution in [0.2, 0.25) is 0 Å². The molecule has 0 saturated carbocycles. The van der Waals surface area contributed by atoms with Crippen LogP contribution in [-0.4, -0.2) is 6.71 Å². The zero-order chi connectivity index (χ0) is 52.5. The summed E-state index contributed by atoms with van der Waals surface area (Å²) < 4.78 is 48.1. The Morgan fingerprint density at radius 3 is 1.67 bits per heavy atom. The molecular formula is C63H73BN2S. The van der Waals surface area contributed by atoms with E-state index in [0.29, 0.717) is 5.56 Å². The van der Waals surface area contributed by atoms with Gasteiger partial charge in [0.15, 0.2) is 0 Å². The third kappa shape index (κ3) is 7.51. The number of hydrogen-bond acceptors (Lipinski definition) is 3. The standard InChI is InChI=1S/C63H73BN2S/c1-38-29-52-55-53(30-38)66(50-25-23-40(58(2,3)4)34-45(50)39-21-19-18-20-22-39)51-37-48-47(62(14,15)27-28-63(48,16)17)36-49(51)64(55)57-56(46-35-41(59(5,6)7)24-26-54(46)67-57)65(52)44-32-42(60(8,9)10)31-43(33-44)61(11,12)13/h18-26,29-37H,27-28H2,1-17H3/i18D,19D,20D,21D,22D. The summed E-state index contributed by atoms with van der Waals surface area (Å²) in [5.41, 5.74) is 17.7. The van der Waals surface area contributed by atoms with E-state index < -0.39 is 6.04 Å². The number of thiophene rings is 1. The second-order valence-corrected chi connectivity index (χ2v) is 26.7. The minimum Gasteiger partial charge on any atom is -0.311 e. The number of rotatable bonds is 3. The van der Waals surface area contributed by atoms with Crippen LogP contribution in [0.15, 0.2) is 109 Å². The van der Waals surface area contributed by atoms with Crippen molar-refractivity contribution in [1.82, 2.24) is 0 Å². The Balaban J connectivity index is 1.41. The van der Waals surface area contributed by atoms with Gasteiger partial charge in [-0.25, -0.2) is 0 Å². The maximum absolute atomic E-state index is 9.49. The molecule has 0 amide bonds. The van der Waals surface area contributed by atoms with Crippen molar-refractivity contribution in [1.29, 1.82) is 0 Å². The average Bonchev–Trinajstić information content (AvgIpc) is 3.66. The van der Waals surface area contributed by atoms with E-state index >= 15 is 0 Å². The molecule has 7 aromatic rings. The van der Waals surface area contributed by atoms with Gasteiger partial charge in [-0.1, -0.05) is 165 Å². The van der Waals surface area contributed by atoms with Crippen molar-refractivity contribution in [2.45, 2.75) is 163 Å². The smallest absolute Gasteiger partial charge is 0.264 e. The molecule has 4 heteroatoms. The highest BCUT2D eigenvalue weighted by atomic mass is 32.1. The number of hydrogen-bond donors (Lipinski definition) is 0. The third-order valence-corrected chi connectivity index (χ3v) is 16.6. The molecule has 2 nitrogen and oxygen atoms in total. The van der Waals surface area contributed by atoms with Gasteiger partial charge in [0, 0.05) is 43.2 Å². The molecule has 1 aliphatic carbocycles. The summed E-state index contributed by atoms with van der Waals surface area (Å²) >= 11 is 1.92. The van der Waals surface area contributed by atoms with Crippen LogP contribution < -0.4 is 25.5 Å². The number of nitrogens with zero attached hydrogens (tertiary/aromatic N) is 2. The van der Waals surface area contributed by atoms with Crippen molar-refractivity contribution in [2.75, 3.05) is 9.80 Å². The predicted molar refractivity (Wildman–Crippen MR) is 296 cm³/mol. The molecule has 0 radical (unpaired) electrons. The van der Waals surface area contributed by atoms with Gasteiger partial charge in [-0.05, 0) is 162 Å². The van der Waals surface area contributed by atoms with E-state index in [1.165, 1.54) is 59.3 Å². The molecule has 0 spiro atoms. The molecule has 0 N–H and O–H groups in total. The molecule has 1 aromatic heterocycles. The second kappa shape index (κ2) is 15.0. The molecule has 10 rings (SSSR count). The van der Waals surface area contributed by atoms with E-state index in [0.717, 1.165) is 52.4 Å². The Hall–Kier alpha value is -5.06. The minimum atomic E-state index is -0.392. The van der Waals surface area contributed by atoms with Gasteiger partial charge in [0.2, 0.25) is 0 Å². The number of anilines is 6. The van der Waals surface area contributed by atoms with Gasteiger partial charge in [0.1, 0.15) is 0 Å². The zero-order valence-electron chi connectivity index (χ0n) is 48.3. The molecular weight excluding hydrogens is 828 g/mol. The summed E-state index contributed by atoms with van der Waals surface area (Å²) in [5.74, 6) is 0. The van der Waals surface area contributed by atoms with Crippen LogP contribution in [0, 0.1) is 6.92 Å². The first-order chi connectivity index (χ1) is 33.2. The van der Waals surface area contributed by atoms with Crippen LogP contribution in [0.3, 0.4) is 0 Å². The van der Waals surface area contributed by atoms with Gasteiger partial charge in [0.25, 0.3) is 6.71 Å². The molecule has 6 aromatic carbocycles. The van der Waals surface area contributed by atoms with Crippen molar-refractivity contribution in [2.24, 2.45) is 0 Å². The van der Waals surface area contributed by atoms with Crippen LogP contribution in [-0.2, 0) is 32.5 Å². The molecule has 344 valence electrons. The molecule has 0 saturated heterocycles. The lowest BCUT2D eigenvalue weighted by molar-refractivity contribution is 0.332. The van der Waals surface area contributed by atoms with Gasteiger partial charge in [-0.2, -0.15) is 0 Å². The number of benzene rings is 6.